The molecule has 1 heterocycles. The van der Waals surface area contributed by atoms with E-state index in [1.165, 1.54) is 16.3 Å². The van der Waals surface area contributed by atoms with Gasteiger partial charge in [0.15, 0.2) is 22.4 Å². The van der Waals surface area contributed by atoms with Crippen LogP contribution in [0.15, 0.2) is 94.9 Å². The van der Waals surface area contributed by atoms with Crippen LogP contribution in [-0.4, -0.2) is 35.3 Å². The lowest BCUT2D eigenvalue weighted by atomic mass is 10.1. The highest BCUT2D eigenvalue weighted by Gasteiger charge is 2.17. The van der Waals surface area contributed by atoms with Crippen LogP contribution in [0.2, 0.25) is 0 Å². The molecule has 0 saturated heterocycles. The van der Waals surface area contributed by atoms with Crippen molar-refractivity contribution >= 4 is 39.2 Å². The van der Waals surface area contributed by atoms with E-state index < -0.39 is 0 Å². The normalized spacial score (nSPS) is 11.0. The van der Waals surface area contributed by atoms with Crippen LogP contribution < -0.4 is 15.0 Å². The zero-order valence-corrected chi connectivity index (χ0v) is 20.0. The predicted molar refractivity (Wildman–Crippen MR) is 139 cm³/mol. The average molecular weight is 483 g/mol. The number of ether oxygens (including phenoxy) is 2. The van der Waals surface area contributed by atoms with E-state index in [0.717, 1.165) is 10.8 Å². The highest BCUT2D eigenvalue weighted by atomic mass is 32.2. The minimum Gasteiger partial charge on any atom is -0.493 e. The number of carbonyl (C=O) groups excluding carboxylic acids is 1. The average Bonchev–Trinajstić information content (AvgIpc) is 2.91. The van der Waals surface area contributed by atoms with Gasteiger partial charge in [-0.25, -0.2) is 4.98 Å². The molecule has 0 amide bonds. The van der Waals surface area contributed by atoms with Crippen LogP contribution in [0.25, 0.3) is 27.4 Å². The number of carbonyl (C=O) groups is 1. The molecule has 0 spiro atoms. The summed E-state index contributed by atoms with van der Waals surface area (Å²) in [5.74, 6) is 1.14. The number of methoxy groups -OCH3 is 2. The van der Waals surface area contributed by atoms with Crippen LogP contribution in [0.1, 0.15) is 10.4 Å². The maximum Gasteiger partial charge on any atom is 0.266 e. The molecule has 0 atom stereocenters. The van der Waals surface area contributed by atoms with Gasteiger partial charge in [0, 0.05) is 11.6 Å². The molecule has 0 unspecified atom stereocenters. The smallest absolute Gasteiger partial charge is 0.266 e. The number of para-hydroxylation sites is 1. The number of ketones is 1. The molecule has 0 aliphatic carbocycles. The first kappa shape index (κ1) is 22.7. The molecule has 6 nitrogen and oxygen atoms in total. The molecule has 7 heteroatoms. The second kappa shape index (κ2) is 9.64. The molecule has 0 aliphatic heterocycles. The Hall–Kier alpha value is -4.10. The molecular weight excluding hydrogens is 460 g/mol. The van der Waals surface area contributed by atoms with Gasteiger partial charge in [-0.15, -0.1) is 0 Å². The summed E-state index contributed by atoms with van der Waals surface area (Å²) in [7, 11) is 3.10. The first-order valence-electron chi connectivity index (χ1n) is 11.0. The van der Waals surface area contributed by atoms with E-state index in [1.807, 2.05) is 48.5 Å². The van der Waals surface area contributed by atoms with Gasteiger partial charge in [-0.3, -0.25) is 14.2 Å². The standard InChI is InChI=1S/C28H22N2O4S/c1-33-25-14-13-21(16-26(25)34-2)30-27(32)22-9-5-6-10-23(22)29-28(30)35-17-24(31)20-12-11-18-7-3-4-8-19(18)15-20/h3-16H,17H2,1-2H3. The van der Waals surface area contributed by atoms with Crippen molar-refractivity contribution in [2.75, 3.05) is 20.0 Å². The zero-order chi connectivity index (χ0) is 24.4. The van der Waals surface area contributed by atoms with Gasteiger partial charge in [-0.2, -0.15) is 0 Å². The molecule has 0 bridgehead atoms. The van der Waals surface area contributed by atoms with E-state index in [2.05, 4.69) is 0 Å². The Morgan fingerprint density at radius 2 is 1.60 bits per heavy atom. The highest BCUT2D eigenvalue weighted by molar-refractivity contribution is 7.99. The first-order chi connectivity index (χ1) is 17.1. The molecule has 0 radical (unpaired) electrons. The van der Waals surface area contributed by atoms with Crippen molar-refractivity contribution in [2.45, 2.75) is 5.16 Å². The minimum absolute atomic E-state index is 0.0398. The van der Waals surface area contributed by atoms with E-state index in [9.17, 15) is 9.59 Å². The molecule has 5 aromatic rings. The Bertz CT molecular complexity index is 1630. The third-order valence-electron chi connectivity index (χ3n) is 5.77. The van der Waals surface area contributed by atoms with Gasteiger partial charge in [0.1, 0.15) is 0 Å². The van der Waals surface area contributed by atoms with Gasteiger partial charge >= 0.3 is 0 Å². The highest BCUT2D eigenvalue weighted by Crippen LogP contribution is 2.31. The number of Topliss-reactive ketones (excluding diaryl/α,β-unsaturated/α-hetero) is 1. The van der Waals surface area contributed by atoms with Gasteiger partial charge < -0.3 is 9.47 Å². The molecular formula is C28H22N2O4S. The molecule has 1 aromatic heterocycles. The summed E-state index contributed by atoms with van der Waals surface area (Å²) in [5, 5.41) is 3.01. The molecule has 0 aliphatic rings. The number of fused-ring (bicyclic) bond motifs is 2. The summed E-state index contributed by atoms with van der Waals surface area (Å²) >= 11 is 1.23. The maximum atomic E-state index is 13.5. The van der Waals surface area contributed by atoms with Crippen LogP contribution in [0.5, 0.6) is 11.5 Å². The fourth-order valence-electron chi connectivity index (χ4n) is 3.98. The van der Waals surface area contributed by atoms with Crippen LogP contribution in [0.3, 0.4) is 0 Å². The van der Waals surface area contributed by atoms with Crippen LogP contribution in [-0.2, 0) is 0 Å². The van der Waals surface area contributed by atoms with E-state index in [0.29, 0.717) is 38.8 Å². The lowest BCUT2D eigenvalue weighted by Crippen LogP contribution is -2.22. The summed E-state index contributed by atoms with van der Waals surface area (Å²) in [6, 6.07) is 26.0. The van der Waals surface area contributed by atoms with Crippen molar-refractivity contribution in [3.63, 3.8) is 0 Å². The van der Waals surface area contributed by atoms with Crippen molar-refractivity contribution < 1.29 is 14.3 Å². The molecule has 35 heavy (non-hydrogen) atoms. The second-order valence-electron chi connectivity index (χ2n) is 7.87. The van der Waals surface area contributed by atoms with Crippen LogP contribution in [0.4, 0.5) is 0 Å². The first-order valence-corrected chi connectivity index (χ1v) is 12.0. The van der Waals surface area contributed by atoms with Gasteiger partial charge in [-0.1, -0.05) is 60.3 Å². The Morgan fingerprint density at radius 1 is 0.857 bits per heavy atom. The van der Waals surface area contributed by atoms with Gasteiger partial charge in [0.2, 0.25) is 0 Å². The number of benzene rings is 4. The molecule has 174 valence electrons. The quantitative estimate of drug-likeness (QED) is 0.173. The van der Waals surface area contributed by atoms with Crippen LogP contribution >= 0.6 is 11.8 Å². The summed E-state index contributed by atoms with van der Waals surface area (Å²) in [6.07, 6.45) is 0. The summed E-state index contributed by atoms with van der Waals surface area (Å²) in [5.41, 5.74) is 1.56. The summed E-state index contributed by atoms with van der Waals surface area (Å²) in [6.45, 7) is 0. The Labute approximate surface area is 206 Å². The van der Waals surface area contributed by atoms with E-state index >= 15 is 0 Å². The monoisotopic (exact) mass is 482 g/mol. The zero-order valence-electron chi connectivity index (χ0n) is 19.2. The van der Waals surface area contributed by atoms with Crippen molar-refractivity contribution in [1.29, 1.82) is 0 Å². The van der Waals surface area contributed by atoms with E-state index in [1.54, 1.807) is 50.6 Å². The molecule has 0 fully saturated rings. The van der Waals surface area contributed by atoms with E-state index in [-0.39, 0.29) is 17.1 Å². The topological polar surface area (TPSA) is 70.4 Å². The summed E-state index contributed by atoms with van der Waals surface area (Å²) in [4.78, 5) is 31.3. The minimum atomic E-state index is -0.219. The lowest BCUT2D eigenvalue weighted by molar-refractivity contribution is 0.102. The third-order valence-corrected chi connectivity index (χ3v) is 6.71. The molecule has 0 saturated carbocycles. The molecule has 0 N–H and O–H groups in total. The van der Waals surface area contributed by atoms with Crippen molar-refractivity contribution in [3.05, 3.63) is 101 Å². The number of rotatable bonds is 7. The number of aromatic nitrogens is 2. The SMILES string of the molecule is COc1ccc(-n2c(SCC(=O)c3ccc4ccccc4c3)nc3ccccc3c2=O)cc1OC. The Morgan fingerprint density at radius 3 is 2.40 bits per heavy atom. The number of hydrogen-bond acceptors (Lipinski definition) is 6. The fraction of sp³-hybridized carbons (Fsp3) is 0.107. The van der Waals surface area contributed by atoms with Gasteiger partial charge in [0.25, 0.3) is 5.56 Å². The van der Waals surface area contributed by atoms with Crippen molar-refractivity contribution in [3.8, 4) is 17.2 Å². The van der Waals surface area contributed by atoms with E-state index in [4.69, 9.17) is 14.5 Å². The number of thioether (sulfide) groups is 1. The predicted octanol–water partition coefficient (Wildman–Crippen LogP) is 5.53. The third kappa shape index (κ3) is 4.38. The maximum absolute atomic E-state index is 13.5. The Balaban J connectivity index is 1.55. The van der Waals surface area contributed by atoms with Crippen LogP contribution in [0, 0.1) is 0 Å². The lowest BCUT2D eigenvalue weighted by Gasteiger charge is -2.15. The second-order valence-corrected chi connectivity index (χ2v) is 8.81. The van der Waals surface area contributed by atoms with Crippen molar-refractivity contribution in [2.24, 2.45) is 0 Å². The molecule has 5 rings (SSSR count). The number of hydrogen-bond donors (Lipinski definition) is 0. The Kier molecular flexibility index (Phi) is 6.25. The number of nitrogens with zero attached hydrogens (tertiary/aromatic N) is 2. The van der Waals surface area contributed by atoms with Gasteiger partial charge in [0.05, 0.1) is 36.6 Å². The molecule has 4 aromatic carbocycles. The van der Waals surface area contributed by atoms with Crippen molar-refractivity contribution in [1.82, 2.24) is 9.55 Å². The fourth-order valence-corrected chi connectivity index (χ4v) is 4.88. The van der Waals surface area contributed by atoms with Gasteiger partial charge in [-0.05, 0) is 41.1 Å². The largest absolute Gasteiger partial charge is 0.493 e. The summed E-state index contributed by atoms with van der Waals surface area (Å²) < 4.78 is 12.3.